The van der Waals surface area contributed by atoms with Crippen LogP contribution in [-0.4, -0.2) is 59.7 Å². The molecule has 0 radical (unpaired) electrons. The Labute approximate surface area is 231 Å². The van der Waals surface area contributed by atoms with Gasteiger partial charge in [-0.3, -0.25) is 9.69 Å². The fourth-order valence-electron chi connectivity index (χ4n) is 3.90. The van der Waals surface area contributed by atoms with Gasteiger partial charge in [-0.25, -0.2) is 9.78 Å². The molecule has 2 amide bonds. The van der Waals surface area contributed by atoms with Crippen LogP contribution in [0.5, 0.6) is 5.06 Å². The monoisotopic (exact) mass is 583 g/mol. The van der Waals surface area contributed by atoms with Gasteiger partial charge in [-0.2, -0.15) is 18.2 Å². The van der Waals surface area contributed by atoms with Gasteiger partial charge < -0.3 is 25.6 Å². The summed E-state index contributed by atoms with van der Waals surface area (Å²) >= 11 is 7.49. The van der Waals surface area contributed by atoms with E-state index in [4.69, 9.17) is 16.3 Å². The summed E-state index contributed by atoms with van der Waals surface area (Å²) in [5, 5.41) is 10.8. The number of halogens is 4. The summed E-state index contributed by atoms with van der Waals surface area (Å²) in [5.74, 6) is 0.172. The van der Waals surface area contributed by atoms with Gasteiger partial charge in [-0.05, 0) is 36.1 Å². The summed E-state index contributed by atoms with van der Waals surface area (Å²) in [6, 6.07) is 6.95. The van der Waals surface area contributed by atoms with Gasteiger partial charge in [0.15, 0.2) is 5.82 Å². The summed E-state index contributed by atoms with van der Waals surface area (Å²) in [6.45, 7) is 2.00. The first-order valence-electron chi connectivity index (χ1n) is 11.8. The van der Waals surface area contributed by atoms with Crippen LogP contribution in [0.2, 0.25) is 5.02 Å². The van der Waals surface area contributed by atoms with Crippen molar-refractivity contribution in [3.8, 4) is 5.06 Å². The SMILES string of the molecule is CCN1C(=O)CN(CCC(F)(F)F)Cc2ccc(Nc3ncc(Cl)c(Nc4ccsc4OC(=O)NC)n3)cc21. The van der Waals surface area contributed by atoms with Gasteiger partial charge in [-0.15, -0.1) is 11.3 Å². The lowest BCUT2D eigenvalue weighted by Crippen LogP contribution is -2.38. The van der Waals surface area contributed by atoms with Gasteiger partial charge in [-0.1, -0.05) is 17.7 Å². The fraction of sp³-hybridized carbons (Fsp3) is 0.333. The van der Waals surface area contributed by atoms with Crippen LogP contribution in [0.4, 0.5) is 46.8 Å². The van der Waals surface area contributed by atoms with E-state index in [9.17, 15) is 22.8 Å². The van der Waals surface area contributed by atoms with Crippen LogP contribution in [0.1, 0.15) is 18.9 Å². The summed E-state index contributed by atoms with van der Waals surface area (Å²) in [5.41, 5.74) is 2.38. The van der Waals surface area contributed by atoms with Gasteiger partial charge in [0.05, 0.1) is 30.5 Å². The number of hydrogen-bond acceptors (Lipinski definition) is 9. The number of nitrogens with zero attached hydrogens (tertiary/aromatic N) is 4. The van der Waals surface area contributed by atoms with Crippen LogP contribution >= 0.6 is 22.9 Å². The van der Waals surface area contributed by atoms with Crippen LogP contribution in [0.15, 0.2) is 35.8 Å². The maximum absolute atomic E-state index is 12.9. The summed E-state index contributed by atoms with van der Waals surface area (Å²) in [4.78, 5) is 36.1. The van der Waals surface area contributed by atoms with E-state index >= 15 is 0 Å². The molecule has 0 atom stereocenters. The van der Waals surface area contributed by atoms with Crippen molar-refractivity contribution in [2.45, 2.75) is 26.1 Å². The van der Waals surface area contributed by atoms with Crippen molar-refractivity contribution >= 4 is 63.8 Å². The molecule has 1 aliphatic heterocycles. The zero-order valence-corrected chi connectivity index (χ0v) is 22.5. The average molecular weight is 584 g/mol. The molecule has 4 rings (SSSR count). The number of alkyl halides is 3. The van der Waals surface area contributed by atoms with E-state index in [0.29, 0.717) is 28.7 Å². The number of rotatable bonds is 8. The molecular weight excluding hydrogens is 559 g/mol. The molecule has 0 aliphatic carbocycles. The molecule has 1 aromatic carbocycles. The number of aromatic nitrogens is 2. The molecule has 10 nitrogen and oxygen atoms in total. The lowest BCUT2D eigenvalue weighted by atomic mass is 10.1. The average Bonchev–Trinajstić information content (AvgIpc) is 3.26. The number of carbonyl (C=O) groups is 2. The quantitative estimate of drug-likeness (QED) is 0.318. The Morgan fingerprint density at radius 2 is 2.03 bits per heavy atom. The number of nitrogens with one attached hydrogen (secondary N) is 3. The standard InChI is InChI=1S/C24H25ClF3N7O3S/c1-3-35-18-10-15(5-4-14(18)12-34(13-19(35)36)8-7-24(26,27)28)31-22-30-11-16(25)20(33-22)32-17-6-9-39-21(17)38-23(37)29-2/h4-6,9-11H,3,7-8,12-13H2,1-2H3,(H,29,37)(H2,30,31,32,33). The van der Waals surface area contributed by atoms with Crippen molar-refractivity contribution in [3.05, 3.63) is 46.4 Å². The molecule has 0 unspecified atom stereocenters. The smallest absolute Gasteiger partial charge is 0.397 e. The van der Waals surface area contributed by atoms with Crippen molar-refractivity contribution < 1.29 is 27.5 Å². The van der Waals surface area contributed by atoms with Gasteiger partial charge in [0.25, 0.3) is 0 Å². The zero-order chi connectivity index (χ0) is 28.2. The molecule has 3 heterocycles. The molecular formula is C24H25ClF3N7O3S. The molecule has 3 N–H and O–H groups in total. The number of ether oxygens (including phenoxy) is 1. The number of anilines is 5. The second kappa shape index (κ2) is 12.1. The number of carbonyl (C=O) groups excluding carboxylic acids is 2. The highest BCUT2D eigenvalue weighted by molar-refractivity contribution is 7.12. The molecule has 15 heteroatoms. The highest BCUT2D eigenvalue weighted by Crippen LogP contribution is 2.36. The molecule has 208 valence electrons. The topological polar surface area (TPSA) is 112 Å². The van der Waals surface area contributed by atoms with E-state index in [0.717, 1.165) is 5.56 Å². The first-order valence-corrected chi connectivity index (χ1v) is 13.1. The molecule has 0 spiro atoms. The molecule has 3 aromatic rings. The number of likely N-dealkylation sites (N-methyl/N-ethyl adjacent to an activating group) is 1. The second-order valence-corrected chi connectivity index (χ2v) is 9.74. The second-order valence-electron chi connectivity index (χ2n) is 8.46. The predicted molar refractivity (Wildman–Crippen MR) is 143 cm³/mol. The molecule has 1 aliphatic rings. The number of amides is 2. The van der Waals surface area contributed by atoms with E-state index < -0.39 is 18.7 Å². The lowest BCUT2D eigenvalue weighted by Gasteiger charge is -2.22. The Morgan fingerprint density at radius 3 is 2.74 bits per heavy atom. The first kappa shape index (κ1) is 28.4. The van der Waals surface area contributed by atoms with E-state index in [1.807, 2.05) is 0 Å². The van der Waals surface area contributed by atoms with Crippen LogP contribution in [0.3, 0.4) is 0 Å². The van der Waals surface area contributed by atoms with Gasteiger partial charge in [0, 0.05) is 32.4 Å². The Bertz CT molecular complexity index is 1350. The van der Waals surface area contributed by atoms with Crippen molar-refractivity contribution in [2.75, 3.05) is 42.2 Å². The minimum absolute atomic E-state index is 0.106. The Kier molecular flexibility index (Phi) is 8.77. The zero-order valence-electron chi connectivity index (χ0n) is 20.9. The summed E-state index contributed by atoms with van der Waals surface area (Å²) in [7, 11) is 1.45. The minimum atomic E-state index is -4.30. The molecule has 0 saturated carbocycles. The van der Waals surface area contributed by atoms with Gasteiger partial charge in [0.2, 0.25) is 16.9 Å². The number of hydrogen-bond donors (Lipinski definition) is 3. The van der Waals surface area contributed by atoms with Crippen molar-refractivity contribution in [1.82, 2.24) is 20.2 Å². The van der Waals surface area contributed by atoms with Crippen LogP contribution in [-0.2, 0) is 11.3 Å². The fourth-order valence-corrected chi connectivity index (χ4v) is 4.73. The Morgan fingerprint density at radius 1 is 1.23 bits per heavy atom. The van der Waals surface area contributed by atoms with Gasteiger partial charge in [0.1, 0.15) is 5.02 Å². The van der Waals surface area contributed by atoms with E-state index in [1.54, 1.807) is 41.5 Å². The minimum Gasteiger partial charge on any atom is -0.397 e. The van der Waals surface area contributed by atoms with Crippen molar-refractivity contribution in [1.29, 1.82) is 0 Å². The highest BCUT2D eigenvalue weighted by atomic mass is 35.5. The van der Waals surface area contributed by atoms with Crippen LogP contribution in [0.25, 0.3) is 0 Å². The summed E-state index contributed by atoms with van der Waals surface area (Å²) in [6.07, 6.45) is -4.52. The number of benzene rings is 1. The van der Waals surface area contributed by atoms with Crippen LogP contribution in [0, 0.1) is 0 Å². The molecule has 0 bridgehead atoms. The third kappa shape index (κ3) is 7.28. The number of fused-ring (bicyclic) bond motifs is 1. The van der Waals surface area contributed by atoms with Crippen molar-refractivity contribution in [2.24, 2.45) is 0 Å². The van der Waals surface area contributed by atoms with Gasteiger partial charge >= 0.3 is 12.3 Å². The third-order valence-corrected chi connectivity index (χ3v) is 6.80. The Balaban J connectivity index is 1.54. The summed E-state index contributed by atoms with van der Waals surface area (Å²) < 4.78 is 43.5. The molecule has 0 fully saturated rings. The van der Waals surface area contributed by atoms with E-state index in [2.05, 4.69) is 25.9 Å². The largest absolute Gasteiger partial charge is 0.413 e. The first-order chi connectivity index (χ1) is 18.6. The maximum atomic E-state index is 12.9. The maximum Gasteiger partial charge on any atom is 0.413 e. The Hall–Kier alpha value is -3.62. The third-order valence-electron chi connectivity index (χ3n) is 5.73. The highest BCUT2D eigenvalue weighted by Gasteiger charge is 2.31. The molecule has 39 heavy (non-hydrogen) atoms. The van der Waals surface area contributed by atoms with E-state index in [-0.39, 0.29) is 42.3 Å². The number of thiophene rings is 1. The van der Waals surface area contributed by atoms with E-state index in [1.165, 1.54) is 29.5 Å². The lowest BCUT2D eigenvalue weighted by molar-refractivity contribution is -0.139. The molecule has 2 aromatic heterocycles. The van der Waals surface area contributed by atoms with Crippen molar-refractivity contribution in [3.63, 3.8) is 0 Å². The molecule has 0 saturated heterocycles. The predicted octanol–water partition coefficient (Wildman–Crippen LogP) is 5.52. The normalized spacial score (nSPS) is 14.0. The van der Waals surface area contributed by atoms with Crippen LogP contribution < -0.4 is 25.6 Å².